The number of nitrogens with zero attached hydrogens (tertiary/aromatic N) is 2. The number of amides is 2. The lowest BCUT2D eigenvalue weighted by Gasteiger charge is -2.45. The van der Waals surface area contributed by atoms with E-state index in [4.69, 9.17) is 14.3 Å². The average Bonchev–Trinajstić information content (AvgIpc) is 3.34. The highest BCUT2D eigenvalue weighted by Gasteiger charge is 2.58. The molecule has 1 aliphatic carbocycles. The lowest BCUT2D eigenvalue weighted by Crippen LogP contribution is -2.58. The smallest absolute Gasteiger partial charge is 0.311 e. The van der Waals surface area contributed by atoms with Crippen LogP contribution in [0.3, 0.4) is 0 Å². The molecule has 3 heterocycles. The molecule has 2 aliphatic heterocycles. The van der Waals surface area contributed by atoms with Gasteiger partial charge in [0.05, 0.1) is 37.3 Å². The number of fused-ring (bicyclic) bond motifs is 1. The molecule has 1 spiro atoms. The monoisotopic (exact) mass is 450 g/mol. The molecule has 2 fully saturated rings. The van der Waals surface area contributed by atoms with Crippen LogP contribution in [-0.4, -0.2) is 73.8 Å². The van der Waals surface area contributed by atoms with Crippen molar-refractivity contribution in [2.24, 2.45) is 5.92 Å². The standard InChI is InChI=1S/C22H30N2O6S/c1-28-11-12-30-24-19(25)13-17(21(27)29-2)22(24)7-9-23(10-8-22)20(26)16-14-31-18-6-4-3-5-15(16)18/h14,17H,3-13H2,1-2H3. The van der Waals surface area contributed by atoms with Gasteiger partial charge in [-0.05, 0) is 44.1 Å². The first-order valence-corrected chi connectivity index (χ1v) is 11.8. The van der Waals surface area contributed by atoms with Crippen LogP contribution in [-0.2, 0) is 36.7 Å². The third-order valence-electron chi connectivity index (χ3n) is 6.86. The third-order valence-corrected chi connectivity index (χ3v) is 7.95. The highest BCUT2D eigenvalue weighted by molar-refractivity contribution is 7.10. The Balaban J connectivity index is 1.51. The predicted molar refractivity (Wildman–Crippen MR) is 114 cm³/mol. The van der Waals surface area contributed by atoms with Crippen molar-refractivity contribution in [2.45, 2.75) is 50.5 Å². The minimum atomic E-state index is -0.789. The molecular formula is C22H30N2O6S. The van der Waals surface area contributed by atoms with Gasteiger partial charge in [0.2, 0.25) is 5.91 Å². The summed E-state index contributed by atoms with van der Waals surface area (Å²) in [5, 5.41) is 3.38. The van der Waals surface area contributed by atoms with Gasteiger partial charge in [0.15, 0.2) is 0 Å². The molecule has 1 aromatic heterocycles. The number of rotatable bonds is 6. The zero-order chi connectivity index (χ0) is 22.0. The van der Waals surface area contributed by atoms with Crippen LogP contribution >= 0.6 is 11.3 Å². The second kappa shape index (κ2) is 9.26. The fraction of sp³-hybridized carbons (Fsp3) is 0.682. The highest BCUT2D eigenvalue weighted by atomic mass is 32.1. The van der Waals surface area contributed by atoms with E-state index in [2.05, 4.69) is 0 Å². The molecular weight excluding hydrogens is 420 g/mol. The topological polar surface area (TPSA) is 85.4 Å². The van der Waals surface area contributed by atoms with Crippen molar-refractivity contribution in [2.75, 3.05) is 40.5 Å². The molecule has 0 aromatic carbocycles. The van der Waals surface area contributed by atoms with Gasteiger partial charge in [-0.15, -0.1) is 11.3 Å². The fourth-order valence-electron chi connectivity index (χ4n) is 5.19. The maximum Gasteiger partial charge on any atom is 0.311 e. The van der Waals surface area contributed by atoms with Crippen molar-refractivity contribution < 1.29 is 28.7 Å². The van der Waals surface area contributed by atoms with Gasteiger partial charge in [-0.1, -0.05) is 0 Å². The second-order valence-electron chi connectivity index (χ2n) is 8.45. The van der Waals surface area contributed by atoms with Crippen LogP contribution in [0.5, 0.6) is 0 Å². The van der Waals surface area contributed by atoms with E-state index in [1.54, 1.807) is 18.4 Å². The summed E-state index contributed by atoms with van der Waals surface area (Å²) >= 11 is 1.69. The van der Waals surface area contributed by atoms with E-state index in [-0.39, 0.29) is 24.8 Å². The van der Waals surface area contributed by atoms with Gasteiger partial charge < -0.3 is 14.4 Å². The normalized spacial score (nSPS) is 22.6. The number of hydroxylamine groups is 2. The number of carbonyl (C=O) groups excluding carboxylic acids is 3. The molecule has 0 bridgehead atoms. The average molecular weight is 451 g/mol. The van der Waals surface area contributed by atoms with Crippen LogP contribution < -0.4 is 0 Å². The molecule has 9 heteroatoms. The number of hydrogen-bond acceptors (Lipinski definition) is 7. The van der Waals surface area contributed by atoms with Crippen molar-refractivity contribution in [3.8, 4) is 0 Å². The summed E-state index contributed by atoms with van der Waals surface area (Å²) in [4.78, 5) is 47.5. The molecule has 170 valence electrons. The van der Waals surface area contributed by atoms with Crippen molar-refractivity contribution >= 4 is 29.1 Å². The SMILES string of the molecule is COCCON1C(=O)CC(C(=O)OC)C12CCN(C(=O)c1csc3c1CCCC3)CC2. The van der Waals surface area contributed by atoms with Crippen molar-refractivity contribution in [1.82, 2.24) is 9.96 Å². The zero-order valence-corrected chi connectivity index (χ0v) is 19.0. The minimum absolute atomic E-state index is 0.0556. The Morgan fingerprint density at radius 1 is 1.16 bits per heavy atom. The van der Waals surface area contributed by atoms with E-state index in [1.165, 1.54) is 29.0 Å². The molecule has 8 nitrogen and oxygen atoms in total. The molecule has 0 radical (unpaired) electrons. The number of esters is 1. The van der Waals surface area contributed by atoms with E-state index in [0.717, 1.165) is 24.8 Å². The van der Waals surface area contributed by atoms with Crippen LogP contribution in [0, 0.1) is 5.92 Å². The van der Waals surface area contributed by atoms with E-state index >= 15 is 0 Å². The Bertz CT molecular complexity index is 845. The van der Waals surface area contributed by atoms with E-state index < -0.39 is 17.4 Å². The summed E-state index contributed by atoms with van der Waals surface area (Å²) < 4.78 is 10.0. The quantitative estimate of drug-likeness (QED) is 0.488. The first-order chi connectivity index (χ1) is 15.0. The molecule has 31 heavy (non-hydrogen) atoms. The Labute approximate surface area is 186 Å². The number of likely N-dealkylation sites (tertiary alicyclic amines) is 1. The van der Waals surface area contributed by atoms with Gasteiger partial charge in [0.25, 0.3) is 5.91 Å². The predicted octanol–water partition coefficient (Wildman–Crippen LogP) is 2.20. The Morgan fingerprint density at radius 2 is 1.90 bits per heavy atom. The summed E-state index contributed by atoms with van der Waals surface area (Å²) in [5.74, 6) is -1.17. The van der Waals surface area contributed by atoms with Crippen molar-refractivity contribution in [3.63, 3.8) is 0 Å². The number of carbonyl (C=O) groups is 3. The molecule has 1 aromatic rings. The van der Waals surface area contributed by atoms with Crippen LogP contribution in [0.15, 0.2) is 5.38 Å². The number of ether oxygens (including phenoxy) is 2. The largest absolute Gasteiger partial charge is 0.469 e. The number of piperidine rings is 1. The first kappa shape index (κ1) is 22.2. The minimum Gasteiger partial charge on any atom is -0.469 e. The van der Waals surface area contributed by atoms with E-state index in [0.29, 0.717) is 32.5 Å². The van der Waals surface area contributed by atoms with Gasteiger partial charge in [-0.3, -0.25) is 19.2 Å². The Morgan fingerprint density at radius 3 is 2.61 bits per heavy atom. The van der Waals surface area contributed by atoms with Crippen LogP contribution in [0.4, 0.5) is 0 Å². The summed E-state index contributed by atoms with van der Waals surface area (Å²) in [6.45, 7) is 1.50. The molecule has 2 amide bonds. The maximum atomic E-state index is 13.3. The van der Waals surface area contributed by atoms with Crippen molar-refractivity contribution in [1.29, 1.82) is 0 Å². The van der Waals surface area contributed by atoms with Gasteiger partial charge in [-0.25, -0.2) is 5.06 Å². The number of methoxy groups -OCH3 is 2. The Hall–Kier alpha value is -1.97. The van der Waals surface area contributed by atoms with Crippen molar-refractivity contribution in [3.05, 3.63) is 21.4 Å². The van der Waals surface area contributed by atoms with Crippen LogP contribution in [0.25, 0.3) is 0 Å². The number of thiophene rings is 1. The number of hydrogen-bond donors (Lipinski definition) is 0. The summed E-state index contributed by atoms with van der Waals surface area (Å²) in [6.07, 6.45) is 5.36. The number of aryl methyl sites for hydroxylation is 1. The molecule has 3 aliphatic rings. The summed E-state index contributed by atoms with van der Waals surface area (Å²) in [5.41, 5.74) is 1.26. The van der Waals surface area contributed by atoms with Crippen LogP contribution in [0.1, 0.15) is 52.9 Å². The van der Waals surface area contributed by atoms with Gasteiger partial charge in [-0.2, -0.15) is 0 Å². The molecule has 1 atom stereocenters. The fourth-order valence-corrected chi connectivity index (χ4v) is 6.31. The van der Waals surface area contributed by atoms with Gasteiger partial charge in [0, 0.05) is 36.9 Å². The lowest BCUT2D eigenvalue weighted by atomic mass is 9.77. The third kappa shape index (κ3) is 3.99. The first-order valence-electron chi connectivity index (χ1n) is 10.9. The van der Waals surface area contributed by atoms with Gasteiger partial charge in [0.1, 0.15) is 0 Å². The highest BCUT2D eigenvalue weighted by Crippen LogP contribution is 2.45. The van der Waals surface area contributed by atoms with E-state index in [9.17, 15) is 14.4 Å². The summed E-state index contributed by atoms with van der Waals surface area (Å²) in [7, 11) is 2.91. The molecule has 2 saturated heterocycles. The van der Waals surface area contributed by atoms with Crippen LogP contribution in [0.2, 0.25) is 0 Å². The zero-order valence-electron chi connectivity index (χ0n) is 18.2. The Kier molecular flexibility index (Phi) is 6.64. The van der Waals surface area contributed by atoms with E-state index in [1.807, 2.05) is 10.3 Å². The molecule has 0 N–H and O–H groups in total. The molecule has 0 saturated carbocycles. The maximum absolute atomic E-state index is 13.3. The lowest BCUT2D eigenvalue weighted by molar-refractivity contribution is -0.226. The molecule has 1 unspecified atom stereocenters. The second-order valence-corrected chi connectivity index (χ2v) is 9.41. The summed E-state index contributed by atoms with van der Waals surface area (Å²) in [6, 6.07) is 0. The molecule has 4 rings (SSSR count). The van der Waals surface area contributed by atoms with Gasteiger partial charge >= 0.3 is 5.97 Å².